The maximum Gasteiger partial charge on any atom is 0.335 e. The van der Waals surface area contributed by atoms with Gasteiger partial charge in [0.15, 0.2) is 6.10 Å². The summed E-state index contributed by atoms with van der Waals surface area (Å²) >= 11 is 0. The van der Waals surface area contributed by atoms with Crippen molar-refractivity contribution in [2.45, 2.75) is 20.0 Å². The lowest BCUT2D eigenvalue weighted by molar-refractivity contribution is -0.127. The second kappa shape index (κ2) is 7.99. The van der Waals surface area contributed by atoms with E-state index in [2.05, 4.69) is 5.32 Å². The molecule has 0 spiro atoms. The van der Waals surface area contributed by atoms with Crippen LogP contribution in [0.1, 0.15) is 24.2 Å². The number of carbonyl (C=O) groups excluding carboxylic acids is 2. The molecular weight excluding hydrogens is 364 g/mol. The van der Waals surface area contributed by atoms with E-state index in [-0.39, 0.29) is 17.8 Å². The predicted molar refractivity (Wildman–Crippen MR) is 102 cm³/mol. The van der Waals surface area contributed by atoms with Gasteiger partial charge in [0.2, 0.25) is 5.91 Å². The Morgan fingerprint density at radius 2 is 2.00 bits per heavy atom. The molecule has 0 saturated carbocycles. The molecule has 146 valence electrons. The van der Waals surface area contributed by atoms with Crippen LogP contribution in [-0.2, 0) is 9.59 Å². The predicted octanol–water partition coefficient (Wildman–Crippen LogP) is 2.54. The number of para-hydroxylation sites is 2. The lowest BCUT2D eigenvalue weighted by Gasteiger charge is -2.32. The topological polar surface area (TPSA) is 105 Å². The highest BCUT2D eigenvalue weighted by Crippen LogP contribution is 2.35. The molecule has 0 fully saturated rings. The van der Waals surface area contributed by atoms with E-state index in [4.69, 9.17) is 9.47 Å². The minimum absolute atomic E-state index is 0.00296. The van der Waals surface area contributed by atoms with Crippen molar-refractivity contribution in [3.8, 4) is 11.5 Å². The van der Waals surface area contributed by atoms with E-state index in [1.54, 1.807) is 31.2 Å². The molecule has 3 rings (SSSR count). The van der Waals surface area contributed by atoms with E-state index in [0.29, 0.717) is 23.8 Å². The molecule has 1 heterocycles. The largest absolute Gasteiger partial charge is 0.492 e. The molecule has 0 bridgehead atoms. The molecule has 0 radical (unpaired) electrons. The number of carbonyl (C=O) groups is 3. The van der Waals surface area contributed by atoms with Gasteiger partial charge < -0.3 is 19.9 Å². The number of anilines is 2. The third kappa shape index (κ3) is 3.90. The highest BCUT2D eigenvalue weighted by atomic mass is 16.5. The summed E-state index contributed by atoms with van der Waals surface area (Å²) in [4.78, 5) is 37.7. The molecule has 1 unspecified atom stereocenters. The summed E-state index contributed by atoms with van der Waals surface area (Å²) in [7, 11) is 0. The third-order valence-corrected chi connectivity index (χ3v) is 4.18. The van der Waals surface area contributed by atoms with Crippen molar-refractivity contribution in [1.29, 1.82) is 0 Å². The smallest absolute Gasteiger partial charge is 0.335 e. The van der Waals surface area contributed by atoms with Crippen molar-refractivity contribution in [3.63, 3.8) is 0 Å². The summed E-state index contributed by atoms with van der Waals surface area (Å²) in [5.74, 6) is -1.14. The van der Waals surface area contributed by atoms with Gasteiger partial charge in [-0.05, 0) is 44.2 Å². The molecule has 2 amide bonds. The number of amides is 2. The van der Waals surface area contributed by atoms with E-state index in [0.717, 1.165) is 0 Å². The molecule has 2 aromatic rings. The Morgan fingerprint density at radius 1 is 1.25 bits per heavy atom. The number of fused-ring (bicyclic) bond motifs is 1. The lowest BCUT2D eigenvalue weighted by Crippen LogP contribution is -2.47. The number of hydrogen-bond acceptors (Lipinski definition) is 5. The van der Waals surface area contributed by atoms with Crippen molar-refractivity contribution in [3.05, 3.63) is 48.0 Å². The van der Waals surface area contributed by atoms with Gasteiger partial charge in [0.05, 0.1) is 23.5 Å². The molecule has 0 aliphatic carbocycles. The first-order valence-corrected chi connectivity index (χ1v) is 8.77. The van der Waals surface area contributed by atoms with Gasteiger partial charge in [0.25, 0.3) is 5.91 Å². The second-order valence-corrected chi connectivity index (χ2v) is 6.15. The molecule has 0 aromatic heterocycles. The van der Waals surface area contributed by atoms with E-state index in [9.17, 15) is 19.5 Å². The second-order valence-electron chi connectivity index (χ2n) is 6.15. The van der Waals surface area contributed by atoms with Crippen LogP contribution in [0.15, 0.2) is 42.5 Å². The van der Waals surface area contributed by atoms with Crippen LogP contribution >= 0.6 is 0 Å². The van der Waals surface area contributed by atoms with E-state index >= 15 is 0 Å². The fourth-order valence-electron chi connectivity index (χ4n) is 2.89. The molecule has 28 heavy (non-hydrogen) atoms. The SMILES string of the molecule is CCOc1ccccc1NC(=O)CN1C(=O)C(C)Oc2ccc(C(=O)O)cc21. The molecular formula is C20H20N2O6. The van der Waals surface area contributed by atoms with Gasteiger partial charge in [-0.15, -0.1) is 0 Å². The van der Waals surface area contributed by atoms with Crippen LogP contribution in [0.5, 0.6) is 11.5 Å². The normalized spacial score (nSPS) is 15.4. The first kappa shape index (κ1) is 19.2. The Labute approximate surface area is 161 Å². The molecule has 1 aliphatic heterocycles. The number of carboxylic acid groups (broad SMARTS) is 1. The van der Waals surface area contributed by atoms with Crippen molar-refractivity contribution in [2.75, 3.05) is 23.4 Å². The summed E-state index contributed by atoms with van der Waals surface area (Å²) in [6.07, 6.45) is -0.785. The molecule has 0 saturated heterocycles. The molecule has 8 heteroatoms. The summed E-state index contributed by atoms with van der Waals surface area (Å²) in [5, 5.41) is 11.9. The van der Waals surface area contributed by atoms with Crippen molar-refractivity contribution < 1.29 is 29.0 Å². The summed E-state index contributed by atoms with van der Waals surface area (Å²) in [6.45, 7) is 3.57. The highest BCUT2D eigenvalue weighted by Gasteiger charge is 2.33. The van der Waals surface area contributed by atoms with E-state index in [1.165, 1.54) is 23.1 Å². The van der Waals surface area contributed by atoms with Crippen LogP contribution in [0, 0.1) is 0 Å². The van der Waals surface area contributed by atoms with Gasteiger partial charge in [-0.25, -0.2) is 4.79 Å². The molecule has 2 aromatic carbocycles. The number of carboxylic acids is 1. The maximum absolute atomic E-state index is 12.6. The summed E-state index contributed by atoms with van der Waals surface area (Å²) in [5.41, 5.74) is 0.732. The van der Waals surface area contributed by atoms with Crippen LogP contribution < -0.4 is 19.7 Å². The number of rotatable bonds is 6. The number of ether oxygens (including phenoxy) is 2. The number of nitrogens with one attached hydrogen (secondary N) is 1. The van der Waals surface area contributed by atoms with Crippen molar-refractivity contribution in [1.82, 2.24) is 0 Å². The van der Waals surface area contributed by atoms with Crippen LogP contribution in [0.3, 0.4) is 0 Å². The standard InChI is InChI=1S/C20H20N2O6/c1-3-27-16-7-5-4-6-14(16)21-18(23)11-22-15-10-13(20(25)26)8-9-17(15)28-12(2)19(22)24/h4-10,12H,3,11H2,1-2H3,(H,21,23)(H,25,26). The van der Waals surface area contributed by atoms with Gasteiger partial charge in [-0.3, -0.25) is 14.5 Å². The van der Waals surface area contributed by atoms with Crippen LogP contribution in [0.2, 0.25) is 0 Å². The highest BCUT2D eigenvalue weighted by molar-refractivity contribution is 6.07. The summed E-state index contributed by atoms with van der Waals surface area (Å²) < 4.78 is 11.0. The Hall–Kier alpha value is -3.55. The van der Waals surface area contributed by atoms with E-state index < -0.39 is 23.9 Å². The van der Waals surface area contributed by atoms with Gasteiger partial charge in [0.1, 0.15) is 18.0 Å². The van der Waals surface area contributed by atoms with Crippen LogP contribution in [-0.4, -0.2) is 42.1 Å². The zero-order chi connectivity index (χ0) is 20.3. The minimum atomic E-state index is -1.14. The van der Waals surface area contributed by atoms with Crippen molar-refractivity contribution >= 4 is 29.2 Å². The zero-order valence-electron chi connectivity index (χ0n) is 15.5. The monoisotopic (exact) mass is 384 g/mol. The fourth-order valence-corrected chi connectivity index (χ4v) is 2.89. The molecule has 1 aliphatic rings. The molecule has 1 atom stereocenters. The number of hydrogen-bond donors (Lipinski definition) is 2. The summed E-state index contributed by atoms with van der Waals surface area (Å²) in [6, 6.07) is 11.2. The number of benzene rings is 2. The van der Waals surface area contributed by atoms with Gasteiger partial charge in [-0.2, -0.15) is 0 Å². The molecule has 2 N–H and O–H groups in total. The quantitative estimate of drug-likeness (QED) is 0.793. The molecule has 8 nitrogen and oxygen atoms in total. The van der Waals surface area contributed by atoms with Crippen LogP contribution in [0.4, 0.5) is 11.4 Å². The number of aromatic carboxylic acids is 1. The first-order valence-electron chi connectivity index (χ1n) is 8.77. The van der Waals surface area contributed by atoms with Gasteiger partial charge in [0, 0.05) is 0 Å². The number of nitrogens with zero attached hydrogens (tertiary/aromatic N) is 1. The maximum atomic E-state index is 12.6. The van der Waals surface area contributed by atoms with E-state index in [1.807, 2.05) is 6.92 Å². The van der Waals surface area contributed by atoms with Crippen LogP contribution in [0.25, 0.3) is 0 Å². The Morgan fingerprint density at radius 3 is 2.71 bits per heavy atom. The minimum Gasteiger partial charge on any atom is -0.492 e. The average Bonchev–Trinajstić information content (AvgIpc) is 2.67. The fraction of sp³-hybridized carbons (Fsp3) is 0.250. The lowest BCUT2D eigenvalue weighted by atomic mass is 10.1. The Balaban J connectivity index is 1.85. The Kier molecular flexibility index (Phi) is 5.49. The first-order chi connectivity index (χ1) is 13.4. The Bertz CT molecular complexity index is 927. The van der Waals surface area contributed by atoms with Gasteiger partial charge in [-0.1, -0.05) is 12.1 Å². The average molecular weight is 384 g/mol. The third-order valence-electron chi connectivity index (χ3n) is 4.18. The van der Waals surface area contributed by atoms with Crippen molar-refractivity contribution in [2.24, 2.45) is 0 Å². The zero-order valence-corrected chi connectivity index (χ0v) is 15.5. The van der Waals surface area contributed by atoms with Gasteiger partial charge >= 0.3 is 5.97 Å².